The van der Waals surface area contributed by atoms with E-state index in [1.54, 1.807) is 6.20 Å². The highest BCUT2D eigenvalue weighted by Crippen LogP contribution is 2.24. The number of aliphatic imine (C=N–C) groups is 1. The first kappa shape index (κ1) is 49.5. The molecule has 0 aliphatic carbocycles. The molecule has 5 rings (SSSR count). The number of imidazole rings is 1. The molecule has 2 fully saturated rings. The lowest BCUT2D eigenvalue weighted by atomic mass is 10.0. The maximum Gasteiger partial charge on any atom is 0.326 e. The van der Waals surface area contributed by atoms with Gasteiger partial charge in [-0.05, 0) is 69.4 Å². The second kappa shape index (κ2) is 22.9. The number of rotatable bonds is 22. The van der Waals surface area contributed by atoms with E-state index in [2.05, 4.69) is 41.2 Å². The number of nitrogens with two attached hydrogens (primary N) is 3. The van der Waals surface area contributed by atoms with Crippen LogP contribution in [-0.2, 0) is 46.4 Å². The number of nitrogens with one attached hydrogen (secondary N) is 6. The number of guanidine groups is 1. The number of aliphatic hydroxyl groups excluding tert-OH is 1. The van der Waals surface area contributed by atoms with E-state index in [1.807, 2.05) is 38.1 Å². The highest BCUT2D eigenvalue weighted by atomic mass is 16.4. The molecule has 14 N–H and O–H groups in total. The highest BCUT2D eigenvalue weighted by molar-refractivity contribution is 5.98. The number of H-pyrrole nitrogens is 2. The van der Waals surface area contributed by atoms with Crippen LogP contribution in [0.3, 0.4) is 0 Å². The fraction of sp³-hybridized carbons (Fsp3) is 0.558. The summed E-state index contributed by atoms with van der Waals surface area (Å²) in [6, 6.07) is -0.973. The third kappa shape index (κ3) is 13.3. The molecule has 0 spiro atoms. The molecule has 65 heavy (non-hydrogen) atoms. The van der Waals surface area contributed by atoms with Crippen LogP contribution in [-0.4, -0.2) is 150 Å². The minimum Gasteiger partial charge on any atom is -0.480 e. The summed E-state index contributed by atoms with van der Waals surface area (Å²) in [4.78, 5) is 113. The maximum absolute atomic E-state index is 14.4. The van der Waals surface area contributed by atoms with Crippen LogP contribution in [0.25, 0.3) is 10.9 Å². The number of carbonyl (C=O) groups excluding carboxylic acids is 6. The van der Waals surface area contributed by atoms with Gasteiger partial charge >= 0.3 is 5.97 Å². The van der Waals surface area contributed by atoms with E-state index in [9.17, 15) is 43.8 Å². The Balaban J connectivity index is 1.37. The van der Waals surface area contributed by atoms with E-state index in [0.29, 0.717) is 30.5 Å². The molecule has 2 aliphatic heterocycles. The third-order valence-corrected chi connectivity index (χ3v) is 11.7. The van der Waals surface area contributed by atoms with E-state index < -0.39 is 89.8 Å². The first-order valence-electron chi connectivity index (χ1n) is 22.0. The molecule has 354 valence electrons. The Bertz CT molecular complexity index is 2170. The van der Waals surface area contributed by atoms with Crippen molar-refractivity contribution in [3.8, 4) is 0 Å². The second-order valence-electron chi connectivity index (χ2n) is 17.2. The number of benzene rings is 1. The van der Waals surface area contributed by atoms with Crippen molar-refractivity contribution in [3.05, 3.63) is 54.2 Å². The first-order chi connectivity index (χ1) is 30.9. The number of para-hydroxylation sites is 1. The molecule has 2 aliphatic rings. The van der Waals surface area contributed by atoms with Crippen molar-refractivity contribution in [1.82, 2.24) is 46.0 Å². The minimum absolute atomic E-state index is 0.00475. The Morgan fingerprint density at radius 3 is 2.12 bits per heavy atom. The molecule has 2 saturated heterocycles. The molecule has 3 aromatic rings. The molecule has 6 amide bonds. The van der Waals surface area contributed by atoms with Crippen LogP contribution in [0.4, 0.5) is 0 Å². The molecule has 0 saturated carbocycles. The molecule has 4 heterocycles. The van der Waals surface area contributed by atoms with Crippen molar-refractivity contribution in [1.29, 1.82) is 0 Å². The zero-order valence-corrected chi connectivity index (χ0v) is 37.0. The van der Waals surface area contributed by atoms with Gasteiger partial charge in [0, 0.05) is 61.5 Å². The number of carbonyl (C=O) groups is 7. The number of aliphatic hydroxyl groups is 1. The predicted octanol–water partition coefficient (Wildman–Crippen LogP) is -1.51. The van der Waals surface area contributed by atoms with E-state index in [0.717, 1.165) is 10.9 Å². The van der Waals surface area contributed by atoms with Crippen LogP contribution in [0.5, 0.6) is 0 Å². The van der Waals surface area contributed by atoms with Gasteiger partial charge in [0.2, 0.25) is 35.4 Å². The summed E-state index contributed by atoms with van der Waals surface area (Å²) in [5.74, 6) is -5.41. The summed E-state index contributed by atoms with van der Waals surface area (Å²) in [5, 5.41) is 32.1. The van der Waals surface area contributed by atoms with Crippen molar-refractivity contribution in [2.24, 2.45) is 28.1 Å². The average Bonchev–Trinajstić information content (AvgIpc) is 4.10. The number of carboxylic acid groups (broad SMARTS) is 1. The third-order valence-electron chi connectivity index (χ3n) is 11.7. The van der Waals surface area contributed by atoms with Crippen LogP contribution >= 0.6 is 0 Å². The van der Waals surface area contributed by atoms with Crippen molar-refractivity contribution >= 4 is 58.3 Å². The Hall–Kier alpha value is -6.55. The summed E-state index contributed by atoms with van der Waals surface area (Å²) in [5.41, 5.74) is 19.1. The van der Waals surface area contributed by atoms with Crippen LogP contribution in [0.15, 0.2) is 48.0 Å². The lowest BCUT2D eigenvalue weighted by Gasteiger charge is -2.31. The molecule has 2 aromatic heterocycles. The van der Waals surface area contributed by atoms with Gasteiger partial charge in [0.05, 0.1) is 18.5 Å². The summed E-state index contributed by atoms with van der Waals surface area (Å²) >= 11 is 0. The van der Waals surface area contributed by atoms with Crippen molar-refractivity contribution in [2.75, 3.05) is 19.6 Å². The van der Waals surface area contributed by atoms with Gasteiger partial charge in [-0.25, -0.2) is 9.78 Å². The number of carboxylic acids is 1. The molecule has 22 nitrogen and oxygen atoms in total. The summed E-state index contributed by atoms with van der Waals surface area (Å²) < 4.78 is 0. The highest BCUT2D eigenvalue weighted by Gasteiger charge is 2.42. The van der Waals surface area contributed by atoms with E-state index in [-0.39, 0.29) is 70.0 Å². The van der Waals surface area contributed by atoms with Crippen molar-refractivity contribution in [2.45, 2.75) is 127 Å². The van der Waals surface area contributed by atoms with Gasteiger partial charge in [0.15, 0.2) is 5.96 Å². The topological polar surface area (TPSA) is 349 Å². The lowest BCUT2D eigenvalue weighted by molar-refractivity contribution is -0.149. The molecule has 1 aromatic carbocycles. The Morgan fingerprint density at radius 2 is 1.49 bits per heavy atom. The van der Waals surface area contributed by atoms with Gasteiger partial charge in [-0.15, -0.1) is 0 Å². The summed E-state index contributed by atoms with van der Waals surface area (Å²) in [6.07, 6.45) is 5.01. The Morgan fingerprint density at radius 1 is 0.846 bits per heavy atom. The average molecular weight is 906 g/mol. The number of fused-ring (bicyclic) bond motifs is 1. The standard InChI is InChI=1S/C43H63N13O9/c1-23(2)17-28(44)36(58)54-35(24(3)57)39(61)53-32(19-26-21-47-22-50-26)41(63)55-15-7-12-33(55)38(60)51-30(11-6-14-48-43(45)46)37(59)52-31(40(62)56-16-8-13-34(56)42(64)65)18-25-20-49-29-10-5-4-9-27(25)29/h4-5,9-10,20-24,28,30-35,49,57H,6-8,11-19,44H2,1-3H3,(H,47,50)(H,51,60)(H,52,59)(H,53,61)(H,54,58)(H,64,65)(H4,45,46,48)/t24-,28+,30+,31+,32+,33+,34+,35+/m1/s1. The fourth-order valence-corrected chi connectivity index (χ4v) is 8.38. The SMILES string of the molecule is CC(C)C[C@H](N)C(=O)N[C@H](C(=O)N[C@@H](Cc1cnc[nH]1)C(=O)N1CCC[C@H]1C(=O)N[C@@H](CCCN=C(N)N)C(=O)N[C@@H](Cc1c[nH]c2ccccc12)C(=O)N1CCC[C@H]1C(=O)O)[C@@H](C)O. The molecular weight excluding hydrogens is 843 g/mol. The number of nitrogens with zero attached hydrogens (tertiary/aromatic N) is 4. The largest absolute Gasteiger partial charge is 0.480 e. The van der Waals surface area contributed by atoms with Gasteiger partial charge in [0.25, 0.3) is 0 Å². The van der Waals surface area contributed by atoms with Crippen LogP contribution in [0.2, 0.25) is 0 Å². The van der Waals surface area contributed by atoms with Gasteiger partial charge in [-0.1, -0.05) is 32.0 Å². The Labute approximate surface area is 376 Å². The number of likely N-dealkylation sites (tertiary alicyclic amines) is 2. The van der Waals surface area contributed by atoms with Gasteiger partial charge in [-0.3, -0.25) is 33.8 Å². The van der Waals surface area contributed by atoms with Crippen LogP contribution < -0.4 is 38.5 Å². The normalized spacial score (nSPS) is 18.9. The molecular formula is C43H63N13O9. The fourth-order valence-electron chi connectivity index (χ4n) is 8.38. The Kier molecular flexibility index (Phi) is 17.4. The van der Waals surface area contributed by atoms with E-state index in [1.165, 1.54) is 29.2 Å². The van der Waals surface area contributed by atoms with E-state index >= 15 is 0 Å². The molecule has 0 bridgehead atoms. The number of aliphatic carboxylic acids is 1. The second-order valence-corrected chi connectivity index (χ2v) is 17.2. The zero-order valence-electron chi connectivity index (χ0n) is 37.0. The predicted molar refractivity (Wildman–Crippen MR) is 238 cm³/mol. The quantitative estimate of drug-likeness (QED) is 0.0311. The van der Waals surface area contributed by atoms with Crippen molar-refractivity contribution in [3.63, 3.8) is 0 Å². The van der Waals surface area contributed by atoms with Crippen molar-refractivity contribution < 1.29 is 43.8 Å². The monoisotopic (exact) mass is 905 g/mol. The molecule has 8 atom stereocenters. The number of hydrogen-bond acceptors (Lipinski definition) is 11. The molecule has 0 radical (unpaired) electrons. The van der Waals surface area contributed by atoms with Crippen LogP contribution in [0.1, 0.15) is 77.0 Å². The van der Waals surface area contributed by atoms with E-state index in [4.69, 9.17) is 17.2 Å². The summed E-state index contributed by atoms with van der Waals surface area (Å²) in [6.45, 7) is 5.49. The lowest BCUT2D eigenvalue weighted by Crippen LogP contribution is -2.61. The van der Waals surface area contributed by atoms with Gasteiger partial charge in [0.1, 0.15) is 36.3 Å². The first-order valence-corrected chi connectivity index (χ1v) is 22.0. The number of aromatic amines is 2. The minimum atomic E-state index is -1.47. The van der Waals surface area contributed by atoms with Gasteiger partial charge in [-0.2, -0.15) is 0 Å². The maximum atomic E-state index is 14.4. The number of aromatic nitrogens is 3. The molecule has 22 heteroatoms. The van der Waals surface area contributed by atoms with Crippen LogP contribution in [0, 0.1) is 5.92 Å². The molecule has 0 unspecified atom stereocenters. The summed E-state index contributed by atoms with van der Waals surface area (Å²) in [7, 11) is 0. The zero-order chi connectivity index (χ0) is 47.4. The van der Waals surface area contributed by atoms with Gasteiger partial charge < -0.3 is 68.4 Å². The number of hydrogen-bond donors (Lipinski definition) is 11. The smallest absolute Gasteiger partial charge is 0.326 e. The number of amides is 6.